The van der Waals surface area contributed by atoms with Crippen molar-refractivity contribution in [3.8, 4) is 0 Å². The Balaban J connectivity index is 2.88. The highest BCUT2D eigenvalue weighted by Crippen LogP contribution is 2.21. The van der Waals surface area contributed by atoms with Gasteiger partial charge in [-0.2, -0.15) is 0 Å². The van der Waals surface area contributed by atoms with Gasteiger partial charge in [0, 0.05) is 11.6 Å². The SMILES string of the molecule is COCC(NN)c1ccc(Br)c(C)c1. The third kappa shape index (κ3) is 2.78. The number of halogens is 1. The van der Waals surface area contributed by atoms with Crippen molar-refractivity contribution in [1.29, 1.82) is 0 Å². The van der Waals surface area contributed by atoms with Crippen molar-refractivity contribution in [3.05, 3.63) is 33.8 Å². The molecule has 1 rings (SSSR count). The van der Waals surface area contributed by atoms with Crippen LogP contribution in [0.5, 0.6) is 0 Å². The lowest BCUT2D eigenvalue weighted by molar-refractivity contribution is 0.167. The minimum Gasteiger partial charge on any atom is -0.383 e. The lowest BCUT2D eigenvalue weighted by Crippen LogP contribution is -2.31. The lowest BCUT2D eigenvalue weighted by atomic mass is 10.1. The van der Waals surface area contributed by atoms with E-state index in [2.05, 4.69) is 27.4 Å². The van der Waals surface area contributed by atoms with Crippen LogP contribution in [0, 0.1) is 6.92 Å². The summed E-state index contributed by atoms with van der Waals surface area (Å²) >= 11 is 3.46. The van der Waals surface area contributed by atoms with Crippen LogP contribution in [0.15, 0.2) is 22.7 Å². The Bertz CT molecular complexity index is 304. The first-order valence-corrected chi connectivity index (χ1v) is 5.19. The van der Waals surface area contributed by atoms with E-state index < -0.39 is 0 Å². The molecule has 0 saturated carbocycles. The molecule has 14 heavy (non-hydrogen) atoms. The first kappa shape index (κ1) is 11.7. The molecule has 0 amide bonds. The van der Waals surface area contributed by atoms with E-state index in [0.29, 0.717) is 6.61 Å². The summed E-state index contributed by atoms with van der Waals surface area (Å²) in [7, 11) is 1.66. The molecule has 78 valence electrons. The van der Waals surface area contributed by atoms with Gasteiger partial charge in [-0.15, -0.1) is 0 Å². The number of hydrogen-bond acceptors (Lipinski definition) is 3. The van der Waals surface area contributed by atoms with Gasteiger partial charge >= 0.3 is 0 Å². The summed E-state index contributed by atoms with van der Waals surface area (Å²) in [6, 6.07) is 6.19. The molecule has 0 aliphatic heterocycles. The standard InChI is InChI=1S/C10H15BrN2O/c1-7-5-8(3-4-9(7)11)10(13-12)6-14-2/h3-5,10,13H,6,12H2,1-2H3. The molecule has 3 nitrogen and oxygen atoms in total. The molecule has 0 aliphatic rings. The second-order valence-corrected chi connectivity index (χ2v) is 4.04. The maximum absolute atomic E-state index is 5.44. The third-order valence-corrected chi connectivity index (χ3v) is 3.01. The fraction of sp³-hybridized carbons (Fsp3) is 0.400. The van der Waals surface area contributed by atoms with Gasteiger partial charge in [-0.3, -0.25) is 11.3 Å². The number of nitrogens with one attached hydrogen (secondary N) is 1. The van der Waals surface area contributed by atoms with E-state index in [0.717, 1.165) is 10.0 Å². The average Bonchev–Trinajstić information content (AvgIpc) is 2.19. The predicted molar refractivity (Wildman–Crippen MR) is 60.8 cm³/mol. The van der Waals surface area contributed by atoms with Crippen molar-refractivity contribution in [2.45, 2.75) is 13.0 Å². The Morgan fingerprint density at radius 1 is 1.57 bits per heavy atom. The summed E-state index contributed by atoms with van der Waals surface area (Å²) in [4.78, 5) is 0. The number of nitrogens with two attached hydrogens (primary N) is 1. The van der Waals surface area contributed by atoms with Crippen molar-refractivity contribution in [1.82, 2.24) is 5.43 Å². The van der Waals surface area contributed by atoms with Gasteiger partial charge < -0.3 is 4.74 Å². The maximum Gasteiger partial charge on any atom is 0.0693 e. The Hall–Kier alpha value is -0.420. The predicted octanol–water partition coefficient (Wildman–Crippen LogP) is 1.91. The van der Waals surface area contributed by atoms with Gasteiger partial charge in [0.05, 0.1) is 12.6 Å². The first-order chi connectivity index (χ1) is 6.69. The van der Waals surface area contributed by atoms with E-state index in [1.165, 1.54) is 5.56 Å². The molecule has 3 N–H and O–H groups in total. The van der Waals surface area contributed by atoms with Gasteiger partial charge in [0.2, 0.25) is 0 Å². The molecule has 0 fully saturated rings. The molecule has 0 bridgehead atoms. The molecule has 0 saturated heterocycles. The van der Waals surface area contributed by atoms with E-state index in [1.807, 2.05) is 19.1 Å². The normalized spacial score (nSPS) is 12.9. The van der Waals surface area contributed by atoms with Crippen molar-refractivity contribution in [2.75, 3.05) is 13.7 Å². The number of benzene rings is 1. The maximum atomic E-state index is 5.44. The molecular weight excluding hydrogens is 244 g/mol. The van der Waals surface area contributed by atoms with Crippen molar-refractivity contribution in [2.24, 2.45) is 5.84 Å². The zero-order valence-corrected chi connectivity index (χ0v) is 9.97. The van der Waals surface area contributed by atoms with Crippen LogP contribution in [0.4, 0.5) is 0 Å². The zero-order valence-electron chi connectivity index (χ0n) is 8.38. The van der Waals surface area contributed by atoms with E-state index in [9.17, 15) is 0 Å². The first-order valence-electron chi connectivity index (χ1n) is 4.40. The molecule has 1 atom stereocenters. The smallest absolute Gasteiger partial charge is 0.0693 e. The fourth-order valence-corrected chi connectivity index (χ4v) is 1.54. The quantitative estimate of drug-likeness (QED) is 0.641. The summed E-state index contributed by atoms with van der Waals surface area (Å²) in [5, 5.41) is 0. The molecular formula is C10H15BrN2O. The van der Waals surface area contributed by atoms with E-state index in [-0.39, 0.29) is 6.04 Å². The van der Waals surface area contributed by atoms with Gasteiger partial charge in [-0.05, 0) is 24.1 Å². The highest BCUT2D eigenvalue weighted by Gasteiger charge is 2.09. The largest absolute Gasteiger partial charge is 0.383 e. The highest BCUT2D eigenvalue weighted by molar-refractivity contribution is 9.10. The molecule has 0 aromatic heterocycles. The highest BCUT2D eigenvalue weighted by atomic mass is 79.9. The van der Waals surface area contributed by atoms with Crippen molar-refractivity contribution >= 4 is 15.9 Å². The van der Waals surface area contributed by atoms with Gasteiger partial charge in [-0.1, -0.05) is 28.1 Å². The van der Waals surface area contributed by atoms with Crippen LogP contribution in [0.1, 0.15) is 17.2 Å². The number of rotatable bonds is 4. The van der Waals surface area contributed by atoms with Crippen LogP contribution in [0.25, 0.3) is 0 Å². The van der Waals surface area contributed by atoms with Gasteiger partial charge in [0.15, 0.2) is 0 Å². The third-order valence-electron chi connectivity index (χ3n) is 2.12. The minimum atomic E-state index is 0.0480. The van der Waals surface area contributed by atoms with Crippen molar-refractivity contribution in [3.63, 3.8) is 0 Å². The molecule has 1 unspecified atom stereocenters. The van der Waals surface area contributed by atoms with Gasteiger partial charge in [0.25, 0.3) is 0 Å². The minimum absolute atomic E-state index is 0.0480. The van der Waals surface area contributed by atoms with Crippen LogP contribution in [-0.2, 0) is 4.74 Å². The van der Waals surface area contributed by atoms with E-state index in [4.69, 9.17) is 10.6 Å². The number of aryl methyl sites for hydroxylation is 1. The number of ether oxygens (including phenoxy) is 1. The van der Waals surface area contributed by atoms with Crippen LogP contribution in [0.2, 0.25) is 0 Å². The Labute approximate surface area is 92.7 Å². The number of methoxy groups -OCH3 is 1. The average molecular weight is 259 g/mol. The molecule has 0 heterocycles. The van der Waals surface area contributed by atoms with E-state index >= 15 is 0 Å². The Kier molecular flexibility index (Phi) is 4.54. The monoisotopic (exact) mass is 258 g/mol. The lowest BCUT2D eigenvalue weighted by Gasteiger charge is -2.16. The second-order valence-electron chi connectivity index (χ2n) is 3.18. The molecule has 4 heteroatoms. The Morgan fingerprint density at radius 2 is 2.29 bits per heavy atom. The van der Waals surface area contributed by atoms with Crippen LogP contribution < -0.4 is 11.3 Å². The number of hydrogen-bond donors (Lipinski definition) is 2. The fourth-order valence-electron chi connectivity index (χ4n) is 1.29. The van der Waals surface area contributed by atoms with Crippen LogP contribution >= 0.6 is 15.9 Å². The second kappa shape index (κ2) is 5.46. The van der Waals surface area contributed by atoms with Gasteiger partial charge in [-0.25, -0.2) is 0 Å². The molecule has 1 aromatic carbocycles. The topological polar surface area (TPSA) is 47.3 Å². The van der Waals surface area contributed by atoms with Crippen LogP contribution in [-0.4, -0.2) is 13.7 Å². The summed E-state index contributed by atoms with van der Waals surface area (Å²) in [5.41, 5.74) is 5.05. The summed E-state index contributed by atoms with van der Waals surface area (Å²) < 4.78 is 6.17. The summed E-state index contributed by atoms with van der Waals surface area (Å²) in [5.74, 6) is 5.44. The molecule has 0 spiro atoms. The van der Waals surface area contributed by atoms with Gasteiger partial charge in [0.1, 0.15) is 0 Å². The molecule has 0 aliphatic carbocycles. The molecule has 0 radical (unpaired) electrons. The summed E-state index contributed by atoms with van der Waals surface area (Å²) in [6.07, 6.45) is 0. The Morgan fingerprint density at radius 3 is 2.79 bits per heavy atom. The van der Waals surface area contributed by atoms with Crippen LogP contribution in [0.3, 0.4) is 0 Å². The number of hydrazine groups is 1. The van der Waals surface area contributed by atoms with E-state index in [1.54, 1.807) is 7.11 Å². The van der Waals surface area contributed by atoms with Crippen molar-refractivity contribution < 1.29 is 4.74 Å². The summed E-state index contributed by atoms with van der Waals surface area (Å²) in [6.45, 7) is 2.62. The molecule has 1 aromatic rings. The zero-order chi connectivity index (χ0) is 10.6.